The van der Waals surface area contributed by atoms with Gasteiger partial charge in [0.2, 0.25) is 10.0 Å². The molecule has 1 saturated heterocycles. The highest BCUT2D eigenvalue weighted by Crippen LogP contribution is 2.23. The van der Waals surface area contributed by atoms with Crippen molar-refractivity contribution in [3.63, 3.8) is 0 Å². The molecule has 0 amide bonds. The van der Waals surface area contributed by atoms with Crippen molar-refractivity contribution in [3.8, 4) is 0 Å². The van der Waals surface area contributed by atoms with Crippen molar-refractivity contribution in [1.82, 2.24) is 14.2 Å². The van der Waals surface area contributed by atoms with E-state index in [9.17, 15) is 8.42 Å². The number of nitrogens with zero attached hydrogens (tertiary/aromatic N) is 3. The second-order valence-electron chi connectivity index (χ2n) is 5.95. The van der Waals surface area contributed by atoms with Crippen LogP contribution in [0.1, 0.15) is 11.1 Å². The summed E-state index contributed by atoms with van der Waals surface area (Å²) in [6.45, 7) is 5.05. The van der Waals surface area contributed by atoms with Gasteiger partial charge in [-0.1, -0.05) is 11.6 Å². The van der Waals surface area contributed by atoms with Crippen LogP contribution in [0.5, 0.6) is 0 Å². The zero-order chi connectivity index (χ0) is 17.2. The summed E-state index contributed by atoms with van der Waals surface area (Å²) in [5.74, 6) is 0. The minimum absolute atomic E-state index is 0.312. The van der Waals surface area contributed by atoms with E-state index in [2.05, 4.69) is 9.88 Å². The first-order valence-corrected chi connectivity index (χ1v) is 9.66. The summed E-state index contributed by atoms with van der Waals surface area (Å²) < 4.78 is 27.1. The van der Waals surface area contributed by atoms with Gasteiger partial charge in [0.25, 0.3) is 0 Å². The number of hydrogen-bond donors (Lipinski definition) is 0. The first-order valence-electron chi connectivity index (χ1n) is 7.84. The molecule has 0 N–H and O–H groups in total. The minimum atomic E-state index is -3.46. The van der Waals surface area contributed by atoms with E-state index < -0.39 is 10.0 Å². The minimum Gasteiger partial charge on any atom is -0.296 e. The number of aryl methyl sites for hydroxylation is 1. The summed E-state index contributed by atoms with van der Waals surface area (Å²) in [5, 5.41) is 0.580. The molecule has 0 radical (unpaired) electrons. The molecule has 2 heterocycles. The highest BCUT2D eigenvalue weighted by atomic mass is 35.5. The Hall–Kier alpha value is -1.47. The van der Waals surface area contributed by atoms with Gasteiger partial charge in [0, 0.05) is 50.1 Å². The van der Waals surface area contributed by atoms with Gasteiger partial charge >= 0.3 is 0 Å². The average Bonchev–Trinajstić information content (AvgIpc) is 2.58. The molecule has 0 unspecified atom stereocenters. The number of halogens is 1. The highest BCUT2D eigenvalue weighted by molar-refractivity contribution is 7.89. The van der Waals surface area contributed by atoms with Crippen molar-refractivity contribution < 1.29 is 8.42 Å². The van der Waals surface area contributed by atoms with Gasteiger partial charge in [0.15, 0.2) is 0 Å². The van der Waals surface area contributed by atoms with E-state index in [0.29, 0.717) is 36.1 Å². The number of rotatable bonds is 4. The van der Waals surface area contributed by atoms with Crippen LogP contribution in [0.3, 0.4) is 0 Å². The maximum absolute atomic E-state index is 12.8. The SMILES string of the molecule is Cc1cc(S(=O)(=O)N2CCN(Cc3ccncc3)CC2)ccc1Cl. The number of benzene rings is 1. The van der Waals surface area contributed by atoms with Gasteiger partial charge in [-0.15, -0.1) is 0 Å². The fourth-order valence-corrected chi connectivity index (χ4v) is 4.43. The predicted octanol–water partition coefficient (Wildman–Crippen LogP) is 2.55. The molecule has 2 aromatic rings. The molecule has 0 spiro atoms. The molecule has 128 valence electrons. The molecular weight excluding hydrogens is 346 g/mol. The predicted molar refractivity (Wildman–Crippen MR) is 94.5 cm³/mol. The molecule has 5 nitrogen and oxygen atoms in total. The third-order valence-corrected chi connectivity index (χ3v) is 6.57. The van der Waals surface area contributed by atoms with Gasteiger partial charge in [-0.3, -0.25) is 9.88 Å². The van der Waals surface area contributed by atoms with Crippen LogP contribution in [-0.4, -0.2) is 48.8 Å². The number of piperazine rings is 1. The lowest BCUT2D eigenvalue weighted by Crippen LogP contribution is -2.48. The Kier molecular flexibility index (Phi) is 5.20. The Morgan fingerprint density at radius 2 is 1.75 bits per heavy atom. The summed E-state index contributed by atoms with van der Waals surface area (Å²) in [6.07, 6.45) is 3.55. The number of sulfonamides is 1. The van der Waals surface area contributed by atoms with Crippen LogP contribution < -0.4 is 0 Å². The number of hydrogen-bond acceptors (Lipinski definition) is 4. The van der Waals surface area contributed by atoms with Crippen molar-refractivity contribution in [3.05, 3.63) is 58.9 Å². The third kappa shape index (κ3) is 3.78. The Morgan fingerprint density at radius 3 is 2.38 bits per heavy atom. The van der Waals surface area contributed by atoms with E-state index in [0.717, 1.165) is 12.1 Å². The van der Waals surface area contributed by atoms with Gasteiger partial charge in [0.1, 0.15) is 0 Å². The molecule has 0 aliphatic carbocycles. The number of pyridine rings is 1. The van der Waals surface area contributed by atoms with Crippen molar-refractivity contribution in [2.45, 2.75) is 18.4 Å². The van der Waals surface area contributed by atoms with Gasteiger partial charge in [-0.05, 0) is 48.4 Å². The molecule has 0 atom stereocenters. The van der Waals surface area contributed by atoms with Crippen LogP contribution in [0.4, 0.5) is 0 Å². The zero-order valence-electron chi connectivity index (χ0n) is 13.5. The molecule has 0 saturated carbocycles. The molecule has 3 rings (SSSR count). The monoisotopic (exact) mass is 365 g/mol. The lowest BCUT2D eigenvalue weighted by Gasteiger charge is -2.34. The lowest BCUT2D eigenvalue weighted by atomic mass is 10.2. The average molecular weight is 366 g/mol. The van der Waals surface area contributed by atoms with Crippen LogP contribution in [0.15, 0.2) is 47.6 Å². The Balaban J connectivity index is 1.66. The Bertz CT molecular complexity index is 804. The van der Waals surface area contributed by atoms with Crippen molar-refractivity contribution in [2.24, 2.45) is 0 Å². The summed E-state index contributed by atoms with van der Waals surface area (Å²) in [6, 6.07) is 8.83. The molecule has 1 aromatic carbocycles. The van der Waals surface area contributed by atoms with Crippen molar-refractivity contribution >= 4 is 21.6 Å². The molecule has 1 aromatic heterocycles. The quantitative estimate of drug-likeness (QED) is 0.835. The fourth-order valence-electron chi connectivity index (χ4n) is 2.80. The molecule has 7 heteroatoms. The maximum Gasteiger partial charge on any atom is 0.243 e. The zero-order valence-corrected chi connectivity index (χ0v) is 15.1. The van der Waals surface area contributed by atoms with Gasteiger partial charge in [-0.25, -0.2) is 8.42 Å². The molecule has 1 fully saturated rings. The van der Waals surface area contributed by atoms with E-state index in [4.69, 9.17) is 11.6 Å². The third-order valence-electron chi connectivity index (χ3n) is 4.25. The molecular formula is C17H20ClN3O2S. The summed E-state index contributed by atoms with van der Waals surface area (Å²) in [4.78, 5) is 6.58. The van der Waals surface area contributed by atoms with E-state index >= 15 is 0 Å². The van der Waals surface area contributed by atoms with Gasteiger partial charge < -0.3 is 0 Å². The largest absolute Gasteiger partial charge is 0.296 e. The first-order chi connectivity index (χ1) is 11.5. The summed E-state index contributed by atoms with van der Waals surface area (Å²) in [5.41, 5.74) is 1.96. The maximum atomic E-state index is 12.8. The van der Waals surface area contributed by atoms with Crippen molar-refractivity contribution in [1.29, 1.82) is 0 Å². The topological polar surface area (TPSA) is 53.5 Å². The van der Waals surface area contributed by atoms with E-state index in [-0.39, 0.29) is 0 Å². The second-order valence-corrected chi connectivity index (χ2v) is 8.29. The highest BCUT2D eigenvalue weighted by Gasteiger charge is 2.28. The lowest BCUT2D eigenvalue weighted by molar-refractivity contribution is 0.181. The van der Waals surface area contributed by atoms with Crippen LogP contribution in [0.25, 0.3) is 0 Å². The number of aromatic nitrogens is 1. The molecule has 1 aliphatic heterocycles. The molecule has 0 bridgehead atoms. The molecule has 24 heavy (non-hydrogen) atoms. The first kappa shape index (κ1) is 17.4. The van der Waals surface area contributed by atoms with E-state index in [1.165, 1.54) is 5.56 Å². The Labute approximate surface area is 147 Å². The summed E-state index contributed by atoms with van der Waals surface area (Å²) >= 11 is 5.99. The van der Waals surface area contributed by atoms with Crippen LogP contribution in [0.2, 0.25) is 5.02 Å². The van der Waals surface area contributed by atoms with Crippen molar-refractivity contribution in [2.75, 3.05) is 26.2 Å². The molecule has 1 aliphatic rings. The van der Waals surface area contributed by atoms with E-state index in [1.54, 1.807) is 34.9 Å². The standard InChI is InChI=1S/C17H20ClN3O2S/c1-14-12-16(2-3-17(14)18)24(22,23)21-10-8-20(9-11-21)13-15-4-6-19-7-5-15/h2-7,12H,8-11,13H2,1H3. The van der Waals surface area contributed by atoms with Gasteiger partial charge in [0.05, 0.1) is 4.90 Å². The smallest absolute Gasteiger partial charge is 0.243 e. The normalized spacial score (nSPS) is 17.1. The summed E-state index contributed by atoms with van der Waals surface area (Å²) in [7, 11) is -3.46. The van der Waals surface area contributed by atoms with Crippen LogP contribution in [-0.2, 0) is 16.6 Å². The fraction of sp³-hybridized carbons (Fsp3) is 0.353. The van der Waals surface area contributed by atoms with Crippen LogP contribution >= 0.6 is 11.6 Å². The Morgan fingerprint density at radius 1 is 1.08 bits per heavy atom. The van der Waals surface area contributed by atoms with Crippen LogP contribution in [0, 0.1) is 6.92 Å². The second kappa shape index (κ2) is 7.19. The van der Waals surface area contributed by atoms with Gasteiger partial charge in [-0.2, -0.15) is 4.31 Å². The van der Waals surface area contributed by atoms with E-state index in [1.807, 2.05) is 19.1 Å².